The molecule has 0 radical (unpaired) electrons. The normalized spacial score (nSPS) is 11.7. The fourth-order valence-corrected chi connectivity index (χ4v) is 2.43. The molecule has 2 aromatic rings. The van der Waals surface area contributed by atoms with Crippen LogP contribution in [0.2, 0.25) is 0 Å². The van der Waals surface area contributed by atoms with Gasteiger partial charge >= 0.3 is 6.18 Å². The van der Waals surface area contributed by atoms with Crippen LogP contribution in [0.25, 0.3) is 0 Å². The molecule has 0 saturated carbocycles. The van der Waals surface area contributed by atoms with Crippen LogP contribution in [-0.2, 0) is 6.18 Å². The fourth-order valence-electron chi connectivity index (χ4n) is 1.82. The zero-order valence-corrected chi connectivity index (χ0v) is 11.6. The monoisotopic (exact) mass is 300 g/mol. The van der Waals surface area contributed by atoms with E-state index in [1.165, 1.54) is 30.2 Å². The summed E-state index contributed by atoms with van der Waals surface area (Å²) in [5.41, 5.74) is 0.0865. The molecule has 2 rings (SSSR count). The molecule has 2 nitrogen and oxygen atoms in total. The number of benzene rings is 1. The van der Waals surface area contributed by atoms with Gasteiger partial charge in [-0.2, -0.15) is 13.2 Å². The minimum Gasteiger partial charge on any atom is -0.457 e. The maximum Gasteiger partial charge on any atom is 0.416 e. The van der Waals surface area contributed by atoms with Gasteiger partial charge < -0.3 is 4.42 Å². The Bertz CT molecular complexity index is 644. The molecular formula is C14H11F3O2S. The second-order valence-electron chi connectivity index (χ2n) is 4.19. The van der Waals surface area contributed by atoms with E-state index in [0.717, 1.165) is 12.1 Å². The van der Waals surface area contributed by atoms with Gasteiger partial charge in [0.1, 0.15) is 0 Å². The van der Waals surface area contributed by atoms with E-state index in [2.05, 4.69) is 0 Å². The first-order valence-electron chi connectivity index (χ1n) is 5.68. The van der Waals surface area contributed by atoms with Crippen molar-refractivity contribution < 1.29 is 22.4 Å². The summed E-state index contributed by atoms with van der Waals surface area (Å²) in [4.78, 5) is 12.3. The summed E-state index contributed by atoms with van der Waals surface area (Å²) in [6.45, 7) is 1.68. The molecule has 0 spiro atoms. The second-order valence-corrected chi connectivity index (χ2v) is 4.97. The van der Waals surface area contributed by atoms with Gasteiger partial charge in [-0.3, -0.25) is 4.79 Å². The molecule has 106 valence electrons. The molecule has 0 saturated heterocycles. The van der Waals surface area contributed by atoms with Crippen LogP contribution in [0.1, 0.15) is 27.0 Å². The fraction of sp³-hybridized carbons (Fsp3) is 0.214. The number of aryl methyl sites for hydroxylation is 1. The van der Waals surface area contributed by atoms with Crippen LogP contribution in [0, 0.1) is 6.92 Å². The van der Waals surface area contributed by atoms with Crippen LogP contribution in [0.15, 0.2) is 40.0 Å². The average Bonchev–Trinajstić information content (AvgIpc) is 2.78. The van der Waals surface area contributed by atoms with Gasteiger partial charge in [-0.15, -0.1) is 0 Å². The highest BCUT2D eigenvalue weighted by Crippen LogP contribution is 2.32. The highest BCUT2D eigenvalue weighted by Gasteiger charge is 2.31. The van der Waals surface area contributed by atoms with Crippen LogP contribution in [0.3, 0.4) is 0 Å². The van der Waals surface area contributed by atoms with Gasteiger partial charge in [0.2, 0.25) is 0 Å². The third kappa shape index (κ3) is 2.75. The first-order chi connectivity index (χ1) is 9.34. The number of rotatable bonds is 3. The maximum atomic E-state index is 12.7. The van der Waals surface area contributed by atoms with Crippen molar-refractivity contribution in [1.29, 1.82) is 0 Å². The van der Waals surface area contributed by atoms with E-state index in [1.54, 1.807) is 13.2 Å². The Morgan fingerprint density at radius 3 is 2.60 bits per heavy atom. The smallest absolute Gasteiger partial charge is 0.416 e. The zero-order chi connectivity index (χ0) is 14.9. The average molecular weight is 300 g/mol. The Morgan fingerprint density at radius 1 is 1.30 bits per heavy atom. The standard InChI is InChI=1S/C14H11F3O2S/c1-8-7-19-13(20-2)11(8)12(18)9-4-3-5-10(6-9)14(15,16)17/h3-7H,1-2H3. The van der Waals surface area contributed by atoms with E-state index >= 15 is 0 Å². The van der Waals surface area contributed by atoms with Crippen LogP contribution in [0.5, 0.6) is 0 Å². The molecule has 0 bridgehead atoms. The van der Waals surface area contributed by atoms with Gasteiger partial charge in [0.25, 0.3) is 0 Å². The van der Waals surface area contributed by atoms with Crippen LogP contribution in [0.4, 0.5) is 13.2 Å². The Kier molecular flexibility index (Phi) is 3.94. The molecule has 0 aliphatic rings. The van der Waals surface area contributed by atoms with Crippen molar-refractivity contribution in [3.63, 3.8) is 0 Å². The third-order valence-electron chi connectivity index (χ3n) is 2.81. The minimum absolute atomic E-state index is 0.000347. The summed E-state index contributed by atoms with van der Waals surface area (Å²) in [6.07, 6.45) is -1.31. The van der Waals surface area contributed by atoms with Crippen molar-refractivity contribution in [2.24, 2.45) is 0 Å². The minimum atomic E-state index is -4.47. The van der Waals surface area contributed by atoms with Gasteiger partial charge in [0, 0.05) is 5.56 Å². The summed E-state index contributed by atoms with van der Waals surface area (Å²) >= 11 is 1.24. The van der Waals surface area contributed by atoms with E-state index in [9.17, 15) is 18.0 Å². The van der Waals surface area contributed by atoms with Gasteiger partial charge in [0.15, 0.2) is 10.9 Å². The molecule has 20 heavy (non-hydrogen) atoms. The zero-order valence-electron chi connectivity index (χ0n) is 10.7. The largest absolute Gasteiger partial charge is 0.457 e. The van der Waals surface area contributed by atoms with Crippen molar-refractivity contribution in [3.8, 4) is 0 Å². The van der Waals surface area contributed by atoms with Gasteiger partial charge in [0.05, 0.1) is 17.4 Å². The van der Waals surface area contributed by atoms with Crippen molar-refractivity contribution in [2.45, 2.75) is 18.2 Å². The predicted octanol–water partition coefficient (Wildman–Crippen LogP) is 4.56. The Hall–Kier alpha value is -1.69. The van der Waals surface area contributed by atoms with Crippen molar-refractivity contribution >= 4 is 17.5 Å². The van der Waals surface area contributed by atoms with Crippen LogP contribution in [-0.4, -0.2) is 12.0 Å². The Morgan fingerprint density at radius 2 is 2.00 bits per heavy atom. The highest BCUT2D eigenvalue weighted by atomic mass is 32.2. The summed E-state index contributed by atoms with van der Waals surface area (Å²) in [5, 5.41) is 0.407. The summed E-state index contributed by atoms with van der Waals surface area (Å²) in [6, 6.07) is 4.39. The first kappa shape index (κ1) is 14.7. The molecule has 0 aliphatic carbocycles. The summed E-state index contributed by atoms with van der Waals surface area (Å²) in [7, 11) is 0. The molecule has 0 N–H and O–H groups in total. The van der Waals surface area contributed by atoms with Gasteiger partial charge in [-0.1, -0.05) is 23.9 Å². The molecule has 1 aromatic heterocycles. The molecular weight excluding hydrogens is 289 g/mol. The predicted molar refractivity (Wildman–Crippen MR) is 70.1 cm³/mol. The quantitative estimate of drug-likeness (QED) is 0.615. The lowest BCUT2D eigenvalue weighted by Gasteiger charge is -2.08. The number of carbonyl (C=O) groups excluding carboxylic acids is 1. The Labute approximate surface area is 118 Å². The molecule has 1 aromatic carbocycles. The first-order valence-corrected chi connectivity index (χ1v) is 6.91. The molecule has 0 unspecified atom stereocenters. The van der Waals surface area contributed by atoms with Crippen LogP contribution >= 0.6 is 11.8 Å². The van der Waals surface area contributed by atoms with E-state index in [4.69, 9.17) is 4.42 Å². The molecule has 0 amide bonds. The number of carbonyl (C=O) groups is 1. The molecule has 1 heterocycles. The van der Waals surface area contributed by atoms with Gasteiger partial charge in [-0.25, -0.2) is 0 Å². The lowest BCUT2D eigenvalue weighted by molar-refractivity contribution is -0.137. The number of halogens is 3. The van der Waals surface area contributed by atoms with Crippen molar-refractivity contribution in [1.82, 2.24) is 0 Å². The maximum absolute atomic E-state index is 12.7. The number of alkyl halides is 3. The second kappa shape index (κ2) is 5.36. The van der Waals surface area contributed by atoms with E-state index in [1.807, 2.05) is 0 Å². The Balaban J connectivity index is 2.46. The lowest BCUT2D eigenvalue weighted by Crippen LogP contribution is -2.08. The van der Waals surface area contributed by atoms with E-state index in [0.29, 0.717) is 16.2 Å². The lowest BCUT2D eigenvalue weighted by atomic mass is 10.0. The van der Waals surface area contributed by atoms with Crippen molar-refractivity contribution in [3.05, 3.63) is 52.8 Å². The number of hydrogen-bond acceptors (Lipinski definition) is 3. The highest BCUT2D eigenvalue weighted by molar-refractivity contribution is 7.98. The van der Waals surface area contributed by atoms with Crippen LogP contribution < -0.4 is 0 Å². The number of furan rings is 1. The summed E-state index contributed by atoms with van der Waals surface area (Å²) in [5.74, 6) is -0.466. The number of thioether (sulfide) groups is 1. The topological polar surface area (TPSA) is 30.2 Å². The third-order valence-corrected chi connectivity index (χ3v) is 3.48. The van der Waals surface area contributed by atoms with E-state index in [-0.39, 0.29) is 5.56 Å². The molecule has 0 atom stereocenters. The van der Waals surface area contributed by atoms with E-state index < -0.39 is 17.5 Å². The SMILES string of the molecule is CSc1occ(C)c1C(=O)c1cccc(C(F)(F)F)c1. The van der Waals surface area contributed by atoms with Crippen molar-refractivity contribution in [2.75, 3.05) is 6.26 Å². The summed E-state index contributed by atoms with van der Waals surface area (Å²) < 4.78 is 43.2. The molecule has 0 fully saturated rings. The number of ketones is 1. The van der Waals surface area contributed by atoms with Gasteiger partial charge in [-0.05, 0) is 30.9 Å². The molecule has 0 aliphatic heterocycles. The molecule has 6 heteroatoms. The number of hydrogen-bond donors (Lipinski definition) is 0.